The Morgan fingerprint density at radius 3 is 2.67 bits per heavy atom. The minimum atomic E-state index is -0.508. The zero-order valence-electron chi connectivity index (χ0n) is 14.9. The van der Waals surface area contributed by atoms with Gasteiger partial charge in [-0.1, -0.05) is 12.1 Å². The lowest BCUT2D eigenvalue weighted by atomic mass is 10.1. The number of nitrogens with zero attached hydrogens (tertiary/aromatic N) is 1. The third kappa shape index (κ3) is 4.25. The van der Waals surface area contributed by atoms with Crippen LogP contribution in [0.25, 0.3) is 0 Å². The van der Waals surface area contributed by atoms with Crippen LogP contribution >= 0.6 is 0 Å². The minimum absolute atomic E-state index is 0.112. The predicted octanol–water partition coefficient (Wildman–Crippen LogP) is 2.00. The number of hydrogen-bond donors (Lipinski definition) is 2. The summed E-state index contributed by atoms with van der Waals surface area (Å²) in [5.41, 5.74) is 1.52. The summed E-state index contributed by atoms with van der Waals surface area (Å²) >= 11 is 0. The van der Waals surface area contributed by atoms with Gasteiger partial charge in [0.15, 0.2) is 0 Å². The highest BCUT2D eigenvalue weighted by Gasteiger charge is 2.35. The molecule has 1 heterocycles. The normalized spacial score (nSPS) is 16.5. The first-order chi connectivity index (χ1) is 13.0. The van der Waals surface area contributed by atoms with Crippen LogP contribution in [0.15, 0.2) is 42.5 Å². The molecule has 0 aliphatic carbocycles. The first-order valence-electron chi connectivity index (χ1n) is 8.62. The second-order valence-electron chi connectivity index (χ2n) is 6.41. The zero-order valence-corrected chi connectivity index (χ0v) is 14.9. The monoisotopic (exact) mass is 372 g/mol. The molecule has 2 N–H and O–H groups in total. The highest BCUT2D eigenvalue weighted by molar-refractivity contribution is 6.00. The molecule has 2 amide bonds. The number of rotatable bonds is 6. The maximum absolute atomic E-state index is 13.7. The van der Waals surface area contributed by atoms with E-state index < -0.39 is 11.7 Å². The fourth-order valence-electron chi connectivity index (χ4n) is 3.06. The summed E-state index contributed by atoms with van der Waals surface area (Å²) in [6, 6.07) is 11.5. The summed E-state index contributed by atoms with van der Waals surface area (Å²) in [6.45, 7) is 0.0906. The Balaban J connectivity index is 1.59. The standard InChI is InChI=1S/C20H21FN2O4/c1-27-17-6-4-16(5-7-17)23-11-15(9-19(23)25)20(26)22-10-13-2-3-14(12-24)18(21)8-13/h2-8,15,24H,9-12H2,1H3,(H,22,26)/t15-/m1/s1. The first-order valence-corrected chi connectivity index (χ1v) is 8.62. The first kappa shape index (κ1) is 18.8. The molecular formula is C20H21FN2O4. The molecule has 7 heteroatoms. The van der Waals surface area contributed by atoms with Gasteiger partial charge < -0.3 is 20.1 Å². The second kappa shape index (κ2) is 8.18. The molecule has 27 heavy (non-hydrogen) atoms. The van der Waals surface area contributed by atoms with Crippen LogP contribution in [0.3, 0.4) is 0 Å². The molecule has 1 aliphatic heterocycles. The molecule has 1 fully saturated rings. The molecule has 1 aliphatic rings. The van der Waals surface area contributed by atoms with E-state index in [0.29, 0.717) is 17.9 Å². The van der Waals surface area contributed by atoms with E-state index in [0.717, 1.165) is 5.69 Å². The van der Waals surface area contributed by atoms with Gasteiger partial charge in [-0.15, -0.1) is 0 Å². The summed E-state index contributed by atoms with van der Waals surface area (Å²) in [5.74, 6) is -0.629. The number of carbonyl (C=O) groups excluding carboxylic acids is 2. The van der Waals surface area contributed by atoms with Crippen LogP contribution in [0.1, 0.15) is 17.5 Å². The molecule has 2 aromatic rings. The van der Waals surface area contributed by atoms with Crippen molar-refractivity contribution in [3.8, 4) is 5.75 Å². The van der Waals surface area contributed by atoms with Gasteiger partial charge in [-0.05, 0) is 35.9 Å². The molecule has 0 spiro atoms. The van der Waals surface area contributed by atoms with Gasteiger partial charge in [-0.3, -0.25) is 9.59 Å². The van der Waals surface area contributed by atoms with E-state index in [4.69, 9.17) is 9.84 Å². The highest BCUT2D eigenvalue weighted by atomic mass is 19.1. The maximum Gasteiger partial charge on any atom is 0.227 e. The van der Waals surface area contributed by atoms with E-state index in [9.17, 15) is 14.0 Å². The number of ether oxygens (including phenoxy) is 1. The van der Waals surface area contributed by atoms with Crippen LogP contribution in [0.2, 0.25) is 0 Å². The van der Waals surface area contributed by atoms with Crippen LogP contribution < -0.4 is 15.0 Å². The van der Waals surface area contributed by atoms with Gasteiger partial charge in [0.25, 0.3) is 0 Å². The van der Waals surface area contributed by atoms with Gasteiger partial charge in [0, 0.05) is 30.8 Å². The van der Waals surface area contributed by atoms with E-state index >= 15 is 0 Å². The SMILES string of the molecule is COc1ccc(N2C[C@H](C(=O)NCc3ccc(CO)c(F)c3)CC2=O)cc1. The van der Waals surface area contributed by atoms with E-state index in [1.54, 1.807) is 42.3 Å². The summed E-state index contributed by atoms with van der Waals surface area (Å²) in [7, 11) is 1.57. The van der Waals surface area contributed by atoms with E-state index in [2.05, 4.69) is 5.32 Å². The summed E-state index contributed by atoms with van der Waals surface area (Å²) in [5, 5.41) is 11.7. The summed E-state index contributed by atoms with van der Waals surface area (Å²) in [4.78, 5) is 26.3. The number of benzene rings is 2. The molecule has 0 bridgehead atoms. The fourth-order valence-corrected chi connectivity index (χ4v) is 3.06. The largest absolute Gasteiger partial charge is 0.497 e. The highest BCUT2D eigenvalue weighted by Crippen LogP contribution is 2.27. The van der Waals surface area contributed by atoms with Gasteiger partial charge in [-0.25, -0.2) is 4.39 Å². The zero-order chi connectivity index (χ0) is 19.4. The lowest BCUT2D eigenvalue weighted by Gasteiger charge is -2.17. The van der Waals surface area contributed by atoms with Gasteiger partial charge in [0.1, 0.15) is 11.6 Å². The van der Waals surface area contributed by atoms with Crippen molar-refractivity contribution in [1.82, 2.24) is 5.32 Å². The van der Waals surface area contributed by atoms with E-state index in [-0.39, 0.29) is 37.0 Å². The van der Waals surface area contributed by atoms with Crippen molar-refractivity contribution in [3.63, 3.8) is 0 Å². The molecule has 1 saturated heterocycles. The van der Waals surface area contributed by atoms with Crippen molar-refractivity contribution in [2.45, 2.75) is 19.6 Å². The minimum Gasteiger partial charge on any atom is -0.497 e. The average Bonchev–Trinajstić information content (AvgIpc) is 3.08. The Hall–Kier alpha value is -2.93. The van der Waals surface area contributed by atoms with Gasteiger partial charge in [-0.2, -0.15) is 0 Å². The number of aliphatic hydroxyl groups is 1. The Labute approximate surface area is 156 Å². The number of halogens is 1. The smallest absolute Gasteiger partial charge is 0.227 e. The summed E-state index contributed by atoms with van der Waals surface area (Å²) in [6.07, 6.45) is 0.135. The number of amides is 2. The molecular weight excluding hydrogens is 351 g/mol. The second-order valence-corrected chi connectivity index (χ2v) is 6.41. The molecule has 6 nitrogen and oxygen atoms in total. The maximum atomic E-state index is 13.7. The van der Waals surface area contributed by atoms with Crippen molar-refractivity contribution >= 4 is 17.5 Å². The molecule has 0 saturated carbocycles. The van der Waals surface area contributed by atoms with E-state index in [1.807, 2.05) is 0 Å². The lowest BCUT2D eigenvalue weighted by Crippen LogP contribution is -2.32. The Morgan fingerprint density at radius 2 is 2.04 bits per heavy atom. The summed E-state index contributed by atoms with van der Waals surface area (Å²) < 4.78 is 18.8. The topological polar surface area (TPSA) is 78.9 Å². The number of methoxy groups -OCH3 is 1. The van der Waals surface area contributed by atoms with Crippen molar-refractivity contribution in [3.05, 3.63) is 59.4 Å². The van der Waals surface area contributed by atoms with Gasteiger partial charge in [0.2, 0.25) is 11.8 Å². The predicted molar refractivity (Wildman–Crippen MR) is 97.6 cm³/mol. The van der Waals surface area contributed by atoms with Crippen molar-refractivity contribution in [2.24, 2.45) is 5.92 Å². The van der Waals surface area contributed by atoms with Crippen molar-refractivity contribution in [1.29, 1.82) is 0 Å². The third-order valence-electron chi connectivity index (χ3n) is 4.63. The van der Waals surface area contributed by atoms with Gasteiger partial charge in [0.05, 0.1) is 19.6 Å². The van der Waals surface area contributed by atoms with Crippen LogP contribution in [0.5, 0.6) is 5.75 Å². The number of carbonyl (C=O) groups is 2. The van der Waals surface area contributed by atoms with Crippen LogP contribution in [0, 0.1) is 11.7 Å². The Bertz CT molecular complexity index is 838. The Morgan fingerprint density at radius 1 is 1.30 bits per heavy atom. The quantitative estimate of drug-likeness (QED) is 0.813. The number of aliphatic hydroxyl groups excluding tert-OH is 1. The molecule has 0 aromatic heterocycles. The van der Waals surface area contributed by atoms with Gasteiger partial charge >= 0.3 is 0 Å². The molecule has 1 atom stereocenters. The third-order valence-corrected chi connectivity index (χ3v) is 4.63. The molecule has 2 aromatic carbocycles. The van der Waals surface area contributed by atoms with Crippen LogP contribution in [0.4, 0.5) is 10.1 Å². The number of anilines is 1. The number of hydrogen-bond acceptors (Lipinski definition) is 4. The molecule has 0 unspecified atom stereocenters. The number of nitrogens with one attached hydrogen (secondary N) is 1. The van der Waals surface area contributed by atoms with Crippen molar-refractivity contribution in [2.75, 3.05) is 18.6 Å². The molecule has 3 rings (SSSR count). The van der Waals surface area contributed by atoms with Crippen LogP contribution in [-0.4, -0.2) is 30.6 Å². The van der Waals surface area contributed by atoms with Crippen LogP contribution in [-0.2, 0) is 22.7 Å². The molecule has 0 radical (unpaired) electrons. The lowest BCUT2D eigenvalue weighted by molar-refractivity contribution is -0.126. The average molecular weight is 372 g/mol. The fraction of sp³-hybridized carbons (Fsp3) is 0.300. The van der Waals surface area contributed by atoms with E-state index in [1.165, 1.54) is 12.1 Å². The molecule has 142 valence electrons. The Kier molecular flexibility index (Phi) is 5.71. The van der Waals surface area contributed by atoms with Crippen molar-refractivity contribution < 1.29 is 23.8 Å².